The second kappa shape index (κ2) is 6.18. The summed E-state index contributed by atoms with van der Waals surface area (Å²) in [5.74, 6) is 0.900. The lowest BCUT2D eigenvalue weighted by Crippen LogP contribution is -2.60. The Hall–Kier alpha value is -1.72. The fourth-order valence-electron chi connectivity index (χ4n) is 3.06. The van der Waals surface area contributed by atoms with Gasteiger partial charge in [0.15, 0.2) is 0 Å². The standard InChI is InChI=1S/C17H24N4O/c1-4-22-15-10-14(17(15,2)3)20-11-13-5-6-19-16(9-13)21-8-7-18-12-21/h5-9,12,14-15,20H,4,10-11H2,1-3H3/t14-,15+/m1/s1. The molecule has 0 aliphatic heterocycles. The van der Waals surface area contributed by atoms with Crippen LogP contribution in [0.5, 0.6) is 0 Å². The first kappa shape index (κ1) is 15.2. The van der Waals surface area contributed by atoms with Crippen molar-refractivity contribution < 1.29 is 4.74 Å². The number of ether oxygens (including phenoxy) is 1. The first-order valence-electron chi connectivity index (χ1n) is 7.89. The maximum absolute atomic E-state index is 5.78. The Bertz CT molecular complexity index is 609. The van der Waals surface area contributed by atoms with Crippen LogP contribution in [0.4, 0.5) is 0 Å². The monoisotopic (exact) mass is 300 g/mol. The minimum absolute atomic E-state index is 0.191. The fourth-order valence-corrected chi connectivity index (χ4v) is 3.06. The van der Waals surface area contributed by atoms with E-state index in [9.17, 15) is 0 Å². The van der Waals surface area contributed by atoms with Gasteiger partial charge in [-0.2, -0.15) is 0 Å². The number of pyridine rings is 1. The Morgan fingerprint density at radius 1 is 1.41 bits per heavy atom. The summed E-state index contributed by atoms with van der Waals surface area (Å²) in [5, 5.41) is 3.65. The Labute approximate surface area is 131 Å². The molecule has 0 bridgehead atoms. The largest absolute Gasteiger partial charge is 0.378 e. The molecule has 0 spiro atoms. The molecule has 1 N–H and O–H groups in total. The number of imidazole rings is 1. The van der Waals surface area contributed by atoms with Gasteiger partial charge in [0, 0.05) is 43.2 Å². The molecule has 0 saturated heterocycles. The number of hydrogen-bond donors (Lipinski definition) is 1. The first-order valence-corrected chi connectivity index (χ1v) is 7.89. The third-order valence-corrected chi connectivity index (χ3v) is 4.68. The zero-order chi connectivity index (χ0) is 15.6. The zero-order valence-electron chi connectivity index (χ0n) is 13.5. The molecule has 2 atom stereocenters. The van der Waals surface area contributed by atoms with Crippen LogP contribution >= 0.6 is 0 Å². The molecule has 2 heterocycles. The van der Waals surface area contributed by atoms with E-state index in [1.165, 1.54) is 5.56 Å². The molecule has 3 rings (SSSR count). The molecule has 1 aliphatic carbocycles. The Morgan fingerprint density at radius 2 is 2.27 bits per heavy atom. The molecule has 1 saturated carbocycles. The summed E-state index contributed by atoms with van der Waals surface area (Å²) < 4.78 is 7.70. The van der Waals surface area contributed by atoms with Crippen molar-refractivity contribution >= 4 is 0 Å². The van der Waals surface area contributed by atoms with Crippen LogP contribution in [0.25, 0.3) is 5.82 Å². The molecule has 5 heteroatoms. The van der Waals surface area contributed by atoms with Crippen molar-refractivity contribution in [1.29, 1.82) is 0 Å². The summed E-state index contributed by atoms with van der Waals surface area (Å²) >= 11 is 0. The van der Waals surface area contributed by atoms with Crippen molar-refractivity contribution in [2.75, 3.05) is 6.61 Å². The van der Waals surface area contributed by atoms with Gasteiger partial charge in [-0.15, -0.1) is 0 Å². The molecule has 0 unspecified atom stereocenters. The van der Waals surface area contributed by atoms with Crippen LogP contribution in [0.2, 0.25) is 0 Å². The van der Waals surface area contributed by atoms with Gasteiger partial charge in [-0.25, -0.2) is 9.97 Å². The fraction of sp³-hybridized carbons (Fsp3) is 0.529. The third-order valence-electron chi connectivity index (χ3n) is 4.68. The van der Waals surface area contributed by atoms with E-state index < -0.39 is 0 Å². The molecule has 2 aromatic heterocycles. The Balaban J connectivity index is 1.60. The van der Waals surface area contributed by atoms with E-state index in [0.29, 0.717) is 12.1 Å². The molecule has 22 heavy (non-hydrogen) atoms. The normalized spacial score (nSPS) is 23.2. The summed E-state index contributed by atoms with van der Waals surface area (Å²) in [6, 6.07) is 4.65. The number of nitrogens with zero attached hydrogens (tertiary/aromatic N) is 3. The highest BCUT2D eigenvalue weighted by molar-refractivity contribution is 5.27. The molecule has 118 valence electrons. The summed E-state index contributed by atoms with van der Waals surface area (Å²) in [7, 11) is 0. The lowest BCUT2D eigenvalue weighted by Gasteiger charge is -2.52. The number of aromatic nitrogens is 3. The van der Waals surface area contributed by atoms with Crippen LogP contribution in [-0.2, 0) is 11.3 Å². The molecule has 0 aromatic carbocycles. The van der Waals surface area contributed by atoms with Crippen LogP contribution in [0, 0.1) is 5.41 Å². The molecule has 5 nitrogen and oxygen atoms in total. The number of rotatable bonds is 6. The third kappa shape index (κ3) is 2.91. The van der Waals surface area contributed by atoms with Crippen LogP contribution < -0.4 is 5.32 Å². The van der Waals surface area contributed by atoms with E-state index in [1.807, 2.05) is 17.0 Å². The topological polar surface area (TPSA) is 52.0 Å². The molecule has 2 aromatic rings. The van der Waals surface area contributed by atoms with E-state index in [2.05, 4.69) is 48.2 Å². The van der Waals surface area contributed by atoms with E-state index in [-0.39, 0.29) is 5.41 Å². The molecule has 0 amide bonds. The van der Waals surface area contributed by atoms with Crippen molar-refractivity contribution in [3.8, 4) is 5.82 Å². The molecule has 1 aliphatic rings. The van der Waals surface area contributed by atoms with Crippen molar-refractivity contribution in [3.63, 3.8) is 0 Å². The van der Waals surface area contributed by atoms with Gasteiger partial charge in [-0.05, 0) is 31.0 Å². The van der Waals surface area contributed by atoms with Crippen molar-refractivity contribution in [2.24, 2.45) is 5.41 Å². The van der Waals surface area contributed by atoms with Crippen molar-refractivity contribution in [3.05, 3.63) is 42.6 Å². The lowest BCUT2D eigenvalue weighted by atomic mass is 9.64. The lowest BCUT2D eigenvalue weighted by molar-refractivity contribution is -0.114. The second-order valence-corrected chi connectivity index (χ2v) is 6.43. The highest BCUT2D eigenvalue weighted by Gasteiger charge is 2.48. The van der Waals surface area contributed by atoms with Crippen molar-refractivity contribution in [1.82, 2.24) is 19.9 Å². The molecular weight excluding hydrogens is 276 g/mol. The minimum Gasteiger partial charge on any atom is -0.378 e. The van der Waals surface area contributed by atoms with Gasteiger partial charge in [-0.3, -0.25) is 4.57 Å². The van der Waals surface area contributed by atoms with Gasteiger partial charge in [0.2, 0.25) is 0 Å². The van der Waals surface area contributed by atoms with Gasteiger partial charge < -0.3 is 10.1 Å². The maximum Gasteiger partial charge on any atom is 0.138 e. The average molecular weight is 300 g/mol. The van der Waals surface area contributed by atoms with E-state index in [4.69, 9.17) is 4.74 Å². The van der Waals surface area contributed by atoms with Gasteiger partial charge in [-0.1, -0.05) is 13.8 Å². The zero-order valence-corrected chi connectivity index (χ0v) is 13.5. The molecule has 0 radical (unpaired) electrons. The highest BCUT2D eigenvalue weighted by atomic mass is 16.5. The molecule has 1 fully saturated rings. The van der Waals surface area contributed by atoms with Gasteiger partial charge in [0.25, 0.3) is 0 Å². The minimum atomic E-state index is 0.191. The van der Waals surface area contributed by atoms with E-state index in [0.717, 1.165) is 25.4 Å². The summed E-state index contributed by atoms with van der Waals surface area (Å²) in [5.41, 5.74) is 1.42. The van der Waals surface area contributed by atoms with Gasteiger partial charge in [0.1, 0.15) is 12.1 Å². The summed E-state index contributed by atoms with van der Waals surface area (Å²) in [6.45, 7) is 8.25. The number of hydrogen-bond acceptors (Lipinski definition) is 4. The van der Waals surface area contributed by atoms with Gasteiger partial charge in [0.05, 0.1) is 6.10 Å². The quantitative estimate of drug-likeness (QED) is 0.891. The second-order valence-electron chi connectivity index (χ2n) is 6.43. The average Bonchev–Trinajstić information content (AvgIpc) is 3.05. The van der Waals surface area contributed by atoms with E-state index in [1.54, 1.807) is 12.5 Å². The maximum atomic E-state index is 5.78. The van der Waals surface area contributed by atoms with Crippen LogP contribution in [-0.4, -0.2) is 33.3 Å². The Morgan fingerprint density at radius 3 is 2.95 bits per heavy atom. The van der Waals surface area contributed by atoms with Crippen molar-refractivity contribution in [2.45, 2.75) is 45.9 Å². The van der Waals surface area contributed by atoms with Crippen LogP contribution in [0.15, 0.2) is 37.1 Å². The predicted molar refractivity (Wildman–Crippen MR) is 85.8 cm³/mol. The van der Waals surface area contributed by atoms with Crippen LogP contribution in [0.3, 0.4) is 0 Å². The summed E-state index contributed by atoms with van der Waals surface area (Å²) in [6.07, 6.45) is 8.73. The number of nitrogens with one attached hydrogen (secondary N) is 1. The van der Waals surface area contributed by atoms with Crippen LogP contribution in [0.1, 0.15) is 32.8 Å². The SMILES string of the molecule is CCO[C@H]1C[C@@H](NCc2ccnc(-n3ccnc3)c2)C1(C)C. The smallest absolute Gasteiger partial charge is 0.138 e. The predicted octanol–water partition coefficient (Wildman–Crippen LogP) is 2.56. The first-order chi connectivity index (χ1) is 10.6. The summed E-state index contributed by atoms with van der Waals surface area (Å²) in [4.78, 5) is 8.45. The Kier molecular flexibility index (Phi) is 4.27. The van der Waals surface area contributed by atoms with Gasteiger partial charge >= 0.3 is 0 Å². The molecular formula is C17H24N4O. The van der Waals surface area contributed by atoms with E-state index >= 15 is 0 Å². The highest BCUT2D eigenvalue weighted by Crippen LogP contribution is 2.42.